The van der Waals surface area contributed by atoms with Crippen LogP contribution in [-0.4, -0.2) is 146 Å². The third-order valence-corrected chi connectivity index (χ3v) is 18.0. The summed E-state index contributed by atoms with van der Waals surface area (Å²) in [5, 5.41) is 13.2. The molecule has 14 heteroatoms. The van der Waals surface area contributed by atoms with Crippen LogP contribution in [0.2, 0.25) is 0 Å². The van der Waals surface area contributed by atoms with Crippen LogP contribution in [0.25, 0.3) is 10.9 Å². The van der Waals surface area contributed by atoms with Gasteiger partial charge in [0.15, 0.2) is 11.8 Å². The van der Waals surface area contributed by atoms with Crippen LogP contribution in [0.3, 0.4) is 0 Å². The summed E-state index contributed by atoms with van der Waals surface area (Å²) in [7, 11) is 8.58. The zero-order chi connectivity index (χ0) is 47.1. The number of piperidine rings is 1. The van der Waals surface area contributed by atoms with E-state index in [4.69, 9.17) is 23.7 Å². The fourth-order valence-corrected chi connectivity index (χ4v) is 15.4. The molecule has 67 heavy (non-hydrogen) atoms. The van der Waals surface area contributed by atoms with Crippen LogP contribution in [0.4, 0.5) is 11.4 Å². The number of H-pyrrole nitrogens is 1. The molecule has 2 spiro atoms. The van der Waals surface area contributed by atoms with Crippen LogP contribution < -0.4 is 4.90 Å². The highest BCUT2D eigenvalue weighted by Crippen LogP contribution is 2.82. The molecule has 1 aromatic heterocycles. The fraction of sp³-hybridized carbons (Fsp3) is 0.566. The second-order valence-electron chi connectivity index (χ2n) is 20.8. The van der Waals surface area contributed by atoms with Crippen LogP contribution in [0.15, 0.2) is 84.1 Å². The molecule has 0 radical (unpaired) electrons. The zero-order valence-corrected chi connectivity index (χ0v) is 40.1. The molecule has 2 bridgehead atoms. The molecule has 4 saturated heterocycles. The molecular formula is C53H65N5O9. The Morgan fingerprint density at radius 2 is 1.75 bits per heavy atom. The SMILES string of the molecule is CC[C@]1(O)C[C@H]2CN(CCc3c([nH]c4ccc(N(C)c5ccccc5)cc34)[C@@](C(=O)OC)(C3C=C4C(=CC3OC)N(C)[C@@]35O[C@]3(C(=O)OC)[C@H](OC(C)=O)[C@]3(CC)C=CCN6CC[C@]45[C@@H]63)C2)C1. The van der Waals surface area contributed by atoms with Gasteiger partial charge in [0, 0.05) is 105 Å². The molecule has 0 amide bonds. The van der Waals surface area contributed by atoms with Gasteiger partial charge >= 0.3 is 17.9 Å². The topological polar surface area (TPSA) is 150 Å². The predicted octanol–water partition coefficient (Wildman–Crippen LogP) is 5.77. The van der Waals surface area contributed by atoms with Crippen LogP contribution in [0.1, 0.15) is 64.1 Å². The van der Waals surface area contributed by atoms with Crippen molar-refractivity contribution in [3.8, 4) is 0 Å². The number of carbonyl (C=O) groups is 3. The lowest BCUT2D eigenvalue weighted by atomic mass is 9.48. The first-order valence-electron chi connectivity index (χ1n) is 24.2. The second kappa shape index (κ2) is 15.3. The van der Waals surface area contributed by atoms with E-state index in [9.17, 15) is 14.7 Å². The molecule has 5 fully saturated rings. The number of carbonyl (C=O) groups excluding carboxylic acids is 3. The van der Waals surface area contributed by atoms with E-state index in [0.29, 0.717) is 64.7 Å². The Kier molecular flexibility index (Phi) is 10.1. The van der Waals surface area contributed by atoms with E-state index < -0.39 is 63.2 Å². The number of likely N-dealkylation sites (N-methyl/N-ethyl adjacent to an activating group) is 1. The molecule has 11 rings (SSSR count). The Morgan fingerprint density at radius 3 is 2.45 bits per heavy atom. The van der Waals surface area contributed by atoms with Crippen molar-refractivity contribution in [3.05, 3.63) is 95.4 Å². The lowest BCUT2D eigenvalue weighted by molar-refractivity contribution is -0.182. The molecule has 8 aliphatic rings. The summed E-state index contributed by atoms with van der Waals surface area (Å²) >= 11 is 0. The van der Waals surface area contributed by atoms with E-state index in [1.165, 1.54) is 21.1 Å². The first-order chi connectivity index (χ1) is 32.2. The highest BCUT2D eigenvalue weighted by atomic mass is 16.7. The Hall–Kier alpha value is -4.99. The van der Waals surface area contributed by atoms with Gasteiger partial charge in [0.1, 0.15) is 5.41 Å². The molecule has 2 aliphatic carbocycles. The number of anilines is 2. The fourth-order valence-electron chi connectivity index (χ4n) is 15.4. The average molecular weight is 916 g/mol. The number of methoxy groups -OCH3 is 3. The molecule has 2 aromatic carbocycles. The molecule has 14 nitrogen and oxygen atoms in total. The van der Waals surface area contributed by atoms with Crippen molar-refractivity contribution in [1.82, 2.24) is 19.7 Å². The van der Waals surface area contributed by atoms with E-state index >= 15 is 4.79 Å². The van der Waals surface area contributed by atoms with Gasteiger partial charge in [-0.2, -0.15) is 0 Å². The number of aromatic nitrogens is 1. The normalized spacial score (nSPS) is 39.0. The van der Waals surface area contributed by atoms with Crippen molar-refractivity contribution in [2.45, 2.75) is 99.9 Å². The number of para-hydroxylation sites is 1. The molecule has 3 unspecified atom stereocenters. The lowest BCUT2D eigenvalue weighted by Crippen LogP contribution is -2.73. The van der Waals surface area contributed by atoms with E-state index in [1.54, 1.807) is 7.11 Å². The summed E-state index contributed by atoms with van der Waals surface area (Å²) < 4.78 is 32.0. The number of benzene rings is 2. The molecule has 356 valence electrons. The number of nitrogens with zero attached hydrogens (tertiary/aromatic N) is 4. The zero-order valence-electron chi connectivity index (χ0n) is 40.1. The summed E-state index contributed by atoms with van der Waals surface area (Å²) in [6.45, 7) is 8.92. The highest BCUT2D eigenvalue weighted by molar-refractivity contribution is 5.94. The molecular weight excluding hydrogens is 851 g/mol. The van der Waals surface area contributed by atoms with Crippen LogP contribution in [0, 0.1) is 22.7 Å². The monoisotopic (exact) mass is 915 g/mol. The third kappa shape index (κ3) is 5.59. The van der Waals surface area contributed by atoms with Crippen LogP contribution >= 0.6 is 0 Å². The van der Waals surface area contributed by atoms with Gasteiger partial charge < -0.3 is 43.6 Å². The van der Waals surface area contributed by atoms with Gasteiger partial charge in [-0.1, -0.05) is 50.3 Å². The molecule has 7 heterocycles. The molecule has 6 aliphatic heterocycles. The Balaban J connectivity index is 1.17. The maximum Gasteiger partial charge on any atom is 0.347 e. The van der Waals surface area contributed by atoms with Gasteiger partial charge in [0.2, 0.25) is 0 Å². The number of fused-ring (bicyclic) bond motifs is 6. The smallest absolute Gasteiger partial charge is 0.347 e. The number of likely N-dealkylation sites (tertiary alicyclic amines) is 1. The number of epoxide rings is 1. The van der Waals surface area contributed by atoms with Gasteiger partial charge in [0.25, 0.3) is 5.60 Å². The Bertz CT molecular complexity index is 2650. The van der Waals surface area contributed by atoms with Crippen molar-refractivity contribution < 1.29 is 43.2 Å². The lowest BCUT2D eigenvalue weighted by Gasteiger charge is -2.58. The number of esters is 3. The summed E-state index contributed by atoms with van der Waals surface area (Å²) in [6, 6.07) is 16.5. The van der Waals surface area contributed by atoms with Crippen LogP contribution in [-0.2, 0) is 49.9 Å². The number of hydrogen-bond acceptors (Lipinski definition) is 13. The molecule has 3 aromatic rings. The standard InChI is InChI=1S/C53H65N5O9/c1-9-48(62)28-33-29-50(46(60)64-7,43-36(19-23-57(30-33)31-48)37-25-35(17-18-40(37)54-43)55(4)34-15-12-11-13-16-34)39-26-38-41(27-42(39)63-6)56(5)53-51(38)21-24-58-22-14-20-49(10-2,44(51)58)45(66-32(3)59)52(53,67-53)47(61)65-8/h11-18,20,25-27,33,39,42,44-45,54,62H,9-10,19,21-24,28-31H2,1-8H3/t33-,39?,42?,44+,45-,48+,49-,50+,51-,52+,53+/m1/s1. The first kappa shape index (κ1) is 44.5. The molecule has 12 atom stereocenters. The first-order valence-corrected chi connectivity index (χ1v) is 24.2. The maximum atomic E-state index is 15.7. The largest absolute Gasteiger partial charge is 0.468 e. The summed E-state index contributed by atoms with van der Waals surface area (Å²) in [6.07, 6.45) is 10.4. The average Bonchev–Trinajstić information content (AvgIpc) is 3.58. The Morgan fingerprint density at radius 1 is 0.970 bits per heavy atom. The van der Waals surface area contributed by atoms with Gasteiger partial charge in [-0.15, -0.1) is 0 Å². The number of ether oxygens (including phenoxy) is 5. The molecule has 2 N–H and O–H groups in total. The second-order valence-corrected chi connectivity index (χ2v) is 20.8. The Labute approximate surface area is 392 Å². The van der Waals surface area contributed by atoms with E-state index in [-0.39, 0.29) is 17.9 Å². The quantitative estimate of drug-likeness (QED) is 0.116. The van der Waals surface area contributed by atoms with Crippen molar-refractivity contribution >= 4 is 40.2 Å². The number of hydrogen-bond donors (Lipinski definition) is 2. The predicted molar refractivity (Wildman–Crippen MR) is 251 cm³/mol. The van der Waals surface area contributed by atoms with E-state index in [2.05, 4.69) is 93.2 Å². The van der Waals surface area contributed by atoms with Gasteiger partial charge in [-0.3, -0.25) is 19.4 Å². The van der Waals surface area contributed by atoms with Crippen molar-refractivity contribution in [2.75, 3.05) is 73.0 Å². The van der Waals surface area contributed by atoms with Gasteiger partial charge in [-0.05, 0) is 98.5 Å². The van der Waals surface area contributed by atoms with Gasteiger partial charge in [0.05, 0.1) is 31.3 Å². The minimum Gasteiger partial charge on any atom is -0.468 e. The van der Waals surface area contributed by atoms with Crippen molar-refractivity contribution in [1.29, 1.82) is 0 Å². The van der Waals surface area contributed by atoms with Crippen LogP contribution in [0.5, 0.6) is 0 Å². The number of nitrogens with one attached hydrogen (secondary N) is 1. The summed E-state index contributed by atoms with van der Waals surface area (Å²) in [5.41, 5.74) is -0.187. The summed E-state index contributed by atoms with van der Waals surface area (Å²) in [4.78, 5) is 56.7. The summed E-state index contributed by atoms with van der Waals surface area (Å²) in [5.74, 6) is -2.15. The minimum absolute atomic E-state index is 0.0805. The minimum atomic E-state index is -1.66. The number of aliphatic hydroxyl groups is 1. The van der Waals surface area contributed by atoms with Crippen molar-refractivity contribution in [2.24, 2.45) is 22.7 Å². The molecule has 1 saturated carbocycles. The van der Waals surface area contributed by atoms with Gasteiger partial charge in [-0.25, -0.2) is 4.79 Å². The number of rotatable bonds is 9. The maximum absolute atomic E-state index is 15.7. The number of aromatic amines is 1. The van der Waals surface area contributed by atoms with E-state index in [1.807, 2.05) is 32.2 Å². The number of allylic oxidation sites excluding steroid dienone is 1. The van der Waals surface area contributed by atoms with Crippen molar-refractivity contribution in [3.63, 3.8) is 0 Å². The third-order valence-electron chi connectivity index (χ3n) is 18.0. The van der Waals surface area contributed by atoms with E-state index in [0.717, 1.165) is 51.3 Å². The highest BCUT2D eigenvalue weighted by Gasteiger charge is 2.99.